The van der Waals surface area contributed by atoms with Gasteiger partial charge in [0.25, 0.3) is 0 Å². The molecule has 1 heterocycles. The standard InChI is InChI=1S/C15H20FNO2/c1-15(2,3)19-14(18)12-7-6-11(10-13(12)16)17-8-4-5-9-17/h6-7,10H,4-5,8-9H2,1-3H3. The minimum Gasteiger partial charge on any atom is -0.456 e. The van der Waals surface area contributed by atoms with Crippen LogP contribution in [-0.2, 0) is 4.74 Å². The lowest BCUT2D eigenvalue weighted by atomic mass is 10.1. The summed E-state index contributed by atoms with van der Waals surface area (Å²) in [6, 6.07) is 4.72. The molecule has 1 aromatic carbocycles. The van der Waals surface area contributed by atoms with Gasteiger partial charge in [0.2, 0.25) is 0 Å². The molecule has 0 aromatic heterocycles. The summed E-state index contributed by atoms with van der Waals surface area (Å²) >= 11 is 0. The van der Waals surface area contributed by atoms with Gasteiger partial charge in [0.05, 0.1) is 5.56 Å². The van der Waals surface area contributed by atoms with E-state index in [9.17, 15) is 9.18 Å². The van der Waals surface area contributed by atoms with Crippen LogP contribution in [0.25, 0.3) is 0 Å². The monoisotopic (exact) mass is 265 g/mol. The number of ether oxygens (including phenoxy) is 1. The van der Waals surface area contributed by atoms with Crippen molar-refractivity contribution in [2.75, 3.05) is 18.0 Å². The zero-order chi connectivity index (χ0) is 14.0. The Morgan fingerprint density at radius 3 is 2.42 bits per heavy atom. The molecule has 0 aliphatic carbocycles. The summed E-state index contributed by atoms with van der Waals surface area (Å²) in [4.78, 5) is 14.0. The molecule has 0 atom stereocenters. The first-order chi connectivity index (χ1) is 8.87. The maximum atomic E-state index is 14.0. The van der Waals surface area contributed by atoms with Crippen molar-refractivity contribution in [3.05, 3.63) is 29.6 Å². The number of benzene rings is 1. The van der Waals surface area contributed by atoms with Gasteiger partial charge in [0, 0.05) is 18.8 Å². The maximum absolute atomic E-state index is 14.0. The van der Waals surface area contributed by atoms with Crippen LogP contribution in [0.15, 0.2) is 18.2 Å². The number of carbonyl (C=O) groups excluding carboxylic acids is 1. The molecule has 2 rings (SSSR count). The lowest BCUT2D eigenvalue weighted by Gasteiger charge is -2.21. The highest BCUT2D eigenvalue weighted by Crippen LogP contribution is 2.23. The molecular formula is C15H20FNO2. The summed E-state index contributed by atoms with van der Waals surface area (Å²) in [5.41, 5.74) is 0.220. The zero-order valence-corrected chi connectivity index (χ0v) is 11.7. The topological polar surface area (TPSA) is 29.5 Å². The predicted octanol–water partition coefficient (Wildman–Crippen LogP) is 3.38. The molecule has 0 spiro atoms. The van der Waals surface area contributed by atoms with Crippen molar-refractivity contribution in [1.82, 2.24) is 0 Å². The Balaban J connectivity index is 2.17. The number of halogens is 1. The second-order valence-electron chi connectivity index (χ2n) is 5.86. The molecule has 0 unspecified atom stereocenters. The van der Waals surface area contributed by atoms with E-state index in [-0.39, 0.29) is 5.56 Å². The first-order valence-electron chi connectivity index (χ1n) is 6.65. The van der Waals surface area contributed by atoms with Gasteiger partial charge in [0.1, 0.15) is 11.4 Å². The Bertz CT molecular complexity index is 474. The minimum atomic E-state index is -0.614. The van der Waals surface area contributed by atoms with Crippen molar-refractivity contribution in [3.63, 3.8) is 0 Å². The van der Waals surface area contributed by atoms with Gasteiger partial charge in [-0.1, -0.05) is 0 Å². The van der Waals surface area contributed by atoms with Crippen LogP contribution >= 0.6 is 0 Å². The molecule has 4 heteroatoms. The quantitative estimate of drug-likeness (QED) is 0.768. The molecule has 1 fully saturated rings. The number of hydrogen-bond acceptors (Lipinski definition) is 3. The van der Waals surface area contributed by atoms with E-state index in [1.165, 1.54) is 12.1 Å². The van der Waals surface area contributed by atoms with Crippen LogP contribution in [0.3, 0.4) is 0 Å². The molecule has 19 heavy (non-hydrogen) atoms. The molecule has 0 saturated carbocycles. The first-order valence-corrected chi connectivity index (χ1v) is 6.65. The summed E-state index contributed by atoms with van der Waals surface area (Å²) in [6.45, 7) is 7.20. The number of rotatable bonds is 2. The van der Waals surface area contributed by atoms with Gasteiger partial charge in [-0.3, -0.25) is 0 Å². The van der Waals surface area contributed by atoms with Crippen molar-refractivity contribution in [2.24, 2.45) is 0 Å². The van der Waals surface area contributed by atoms with Gasteiger partial charge in [-0.25, -0.2) is 9.18 Å². The fourth-order valence-electron chi connectivity index (χ4n) is 2.17. The molecule has 3 nitrogen and oxygen atoms in total. The zero-order valence-electron chi connectivity index (χ0n) is 11.7. The Hall–Kier alpha value is -1.58. The van der Waals surface area contributed by atoms with Gasteiger partial charge in [-0.05, 0) is 51.8 Å². The van der Waals surface area contributed by atoms with Crippen LogP contribution in [0.1, 0.15) is 44.0 Å². The molecule has 1 aliphatic heterocycles. The van der Waals surface area contributed by atoms with Crippen molar-refractivity contribution in [3.8, 4) is 0 Å². The van der Waals surface area contributed by atoms with Crippen molar-refractivity contribution < 1.29 is 13.9 Å². The third-order valence-electron chi connectivity index (χ3n) is 3.04. The maximum Gasteiger partial charge on any atom is 0.341 e. The van der Waals surface area contributed by atoms with Gasteiger partial charge < -0.3 is 9.64 Å². The third kappa shape index (κ3) is 3.46. The number of hydrogen-bond donors (Lipinski definition) is 0. The molecule has 0 bridgehead atoms. The van der Waals surface area contributed by atoms with Crippen LogP contribution in [0.5, 0.6) is 0 Å². The van der Waals surface area contributed by atoms with Crippen molar-refractivity contribution in [2.45, 2.75) is 39.2 Å². The Labute approximate surface area is 113 Å². The summed E-state index contributed by atoms with van der Waals surface area (Å²) in [6.07, 6.45) is 2.27. The molecule has 1 saturated heterocycles. The average molecular weight is 265 g/mol. The average Bonchev–Trinajstić information content (AvgIpc) is 2.79. The summed E-state index contributed by atoms with van der Waals surface area (Å²) in [7, 11) is 0. The van der Waals surface area contributed by atoms with Gasteiger partial charge in [0.15, 0.2) is 0 Å². The summed E-state index contributed by atoms with van der Waals surface area (Å²) < 4.78 is 19.2. The highest BCUT2D eigenvalue weighted by atomic mass is 19.1. The predicted molar refractivity (Wildman–Crippen MR) is 73.0 cm³/mol. The SMILES string of the molecule is CC(C)(C)OC(=O)c1ccc(N2CCCC2)cc1F. The highest BCUT2D eigenvalue weighted by Gasteiger charge is 2.22. The van der Waals surface area contributed by atoms with E-state index in [1.54, 1.807) is 26.8 Å². The molecule has 0 radical (unpaired) electrons. The largest absolute Gasteiger partial charge is 0.456 e. The van der Waals surface area contributed by atoms with E-state index in [2.05, 4.69) is 4.90 Å². The second kappa shape index (κ2) is 5.19. The lowest BCUT2D eigenvalue weighted by Crippen LogP contribution is -2.24. The number of anilines is 1. The van der Waals surface area contributed by atoms with E-state index in [4.69, 9.17) is 4.74 Å². The Kier molecular flexibility index (Phi) is 3.78. The van der Waals surface area contributed by atoms with E-state index >= 15 is 0 Å². The highest BCUT2D eigenvalue weighted by molar-refractivity contribution is 5.90. The van der Waals surface area contributed by atoms with E-state index < -0.39 is 17.4 Å². The van der Waals surface area contributed by atoms with Crippen LogP contribution < -0.4 is 4.90 Å². The minimum absolute atomic E-state index is 0.00197. The van der Waals surface area contributed by atoms with Crippen LogP contribution in [0.2, 0.25) is 0 Å². The lowest BCUT2D eigenvalue weighted by molar-refractivity contribution is 0.00648. The van der Waals surface area contributed by atoms with Gasteiger partial charge >= 0.3 is 5.97 Å². The second-order valence-corrected chi connectivity index (χ2v) is 5.86. The smallest absolute Gasteiger partial charge is 0.341 e. The molecule has 1 aliphatic rings. The molecule has 0 amide bonds. The number of carbonyl (C=O) groups is 1. The molecule has 104 valence electrons. The van der Waals surface area contributed by atoms with Gasteiger partial charge in [-0.15, -0.1) is 0 Å². The molecule has 1 aromatic rings. The van der Waals surface area contributed by atoms with Crippen LogP contribution in [-0.4, -0.2) is 24.7 Å². The van der Waals surface area contributed by atoms with E-state index in [1.807, 2.05) is 0 Å². The van der Waals surface area contributed by atoms with Crippen LogP contribution in [0, 0.1) is 5.82 Å². The third-order valence-corrected chi connectivity index (χ3v) is 3.04. The Morgan fingerprint density at radius 2 is 1.89 bits per heavy atom. The molecule has 0 N–H and O–H groups in total. The summed E-state index contributed by atoms with van der Waals surface area (Å²) in [5.74, 6) is -1.13. The number of nitrogens with zero attached hydrogens (tertiary/aromatic N) is 1. The fourth-order valence-corrected chi connectivity index (χ4v) is 2.17. The summed E-state index contributed by atoms with van der Waals surface area (Å²) in [5, 5.41) is 0. The first kappa shape index (κ1) is 13.8. The number of esters is 1. The van der Waals surface area contributed by atoms with Crippen molar-refractivity contribution >= 4 is 11.7 Å². The van der Waals surface area contributed by atoms with Crippen molar-refractivity contribution in [1.29, 1.82) is 0 Å². The van der Waals surface area contributed by atoms with Gasteiger partial charge in [-0.2, -0.15) is 0 Å². The Morgan fingerprint density at radius 1 is 1.26 bits per heavy atom. The van der Waals surface area contributed by atoms with Crippen LogP contribution in [0.4, 0.5) is 10.1 Å². The van der Waals surface area contributed by atoms with E-state index in [0.29, 0.717) is 0 Å². The molecular weight excluding hydrogens is 245 g/mol. The normalized spacial score (nSPS) is 15.7. The fraction of sp³-hybridized carbons (Fsp3) is 0.533. The van der Waals surface area contributed by atoms with E-state index in [0.717, 1.165) is 31.6 Å².